The summed E-state index contributed by atoms with van der Waals surface area (Å²) in [6.45, 7) is 6.39. The minimum atomic E-state index is -3.57. The molecule has 2 aliphatic rings. The molecule has 174 valence electrons. The van der Waals surface area contributed by atoms with Crippen LogP contribution in [-0.4, -0.2) is 65.9 Å². The number of piperidine rings is 1. The fraction of sp³-hybridized carbons (Fsp3) is 0.650. The van der Waals surface area contributed by atoms with Crippen LogP contribution in [0.25, 0.3) is 0 Å². The number of benzene rings is 1. The summed E-state index contributed by atoms with van der Waals surface area (Å²) in [5, 5.41) is 10.2. The summed E-state index contributed by atoms with van der Waals surface area (Å²) in [4.78, 5) is 13.7. The predicted molar refractivity (Wildman–Crippen MR) is 122 cm³/mol. The molecule has 1 aromatic rings. The highest BCUT2D eigenvalue weighted by molar-refractivity contribution is 7.89. The van der Waals surface area contributed by atoms with Gasteiger partial charge in [0.1, 0.15) is 11.4 Å². The molecule has 7 nitrogen and oxygen atoms in total. The fourth-order valence-corrected chi connectivity index (χ4v) is 6.73. The van der Waals surface area contributed by atoms with Gasteiger partial charge in [0.05, 0.1) is 20.3 Å². The average molecular weight is 514 g/mol. The van der Waals surface area contributed by atoms with E-state index in [-0.39, 0.29) is 33.3 Å². The molecule has 0 aromatic heterocycles. The number of likely N-dealkylation sites (tertiary alicyclic amines) is 1. The zero-order valence-corrected chi connectivity index (χ0v) is 20.8. The fourth-order valence-electron chi connectivity index (χ4n) is 4.06. The minimum Gasteiger partial charge on any atom is -0.508 e. The van der Waals surface area contributed by atoms with Crippen molar-refractivity contribution in [2.24, 2.45) is 0 Å². The summed E-state index contributed by atoms with van der Waals surface area (Å²) < 4.78 is 33.1. The van der Waals surface area contributed by atoms with Gasteiger partial charge in [0, 0.05) is 37.8 Å². The first-order chi connectivity index (χ1) is 14.3. The van der Waals surface area contributed by atoms with Gasteiger partial charge in [-0.15, -0.1) is 0 Å². The summed E-state index contributed by atoms with van der Waals surface area (Å²) in [5.74, 6) is -0.167. The van der Waals surface area contributed by atoms with Crippen LogP contribution < -0.4 is 0 Å². The highest BCUT2D eigenvalue weighted by Gasteiger charge is 2.41. The molecule has 0 spiro atoms. The third-order valence-corrected chi connectivity index (χ3v) is 9.21. The number of rotatable bonds is 3. The first-order valence-corrected chi connectivity index (χ1v) is 12.8. The summed E-state index contributed by atoms with van der Waals surface area (Å²) in [5.41, 5.74) is -0.127. The van der Waals surface area contributed by atoms with Crippen molar-refractivity contribution in [3.63, 3.8) is 0 Å². The van der Waals surface area contributed by atoms with Gasteiger partial charge in [0.15, 0.2) is 0 Å². The highest BCUT2D eigenvalue weighted by Crippen LogP contribution is 2.45. The number of nitrogens with zero attached hydrogens (tertiary/aromatic N) is 2. The van der Waals surface area contributed by atoms with Crippen molar-refractivity contribution in [1.29, 1.82) is 0 Å². The van der Waals surface area contributed by atoms with Crippen LogP contribution in [0.5, 0.6) is 5.75 Å². The van der Waals surface area contributed by atoms with Gasteiger partial charge in [0.2, 0.25) is 10.0 Å². The van der Waals surface area contributed by atoms with Gasteiger partial charge in [-0.2, -0.15) is 0 Å². The number of carbonyl (C=O) groups excluding carboxylic acids is 1. The lowest BCUT2D eigenvalue weighted by molar-refractivity contribution is 0.0295. The molecule has 3 rings (SSSR count). The number of phenolic OH excluding ortho intramolecular Hbond substituents is 1. The molecule has 0 bridgehead atoms. The predicted octanol–water partition coefficient (Wildman–Crippen LogP) is 4.87. The maximum absolute atomic E-state index is 13.2. The Bertz CT molecular complexity index is 957. The summed E-state index contributed by atoms with van der Waals surface area (Å²) in [6, 6.07) is 1.36. The van der Waals surface area contributed by atoms with Gasteiger partial charge in [-0.1, -0.05) is 34.8 Å². The number of sulfonamides is 1. The molecule has 1 N–H and O–H groups in total. The first-order valence-electron chi connectivity index (χ1n) is 10.1. The van der Waals surface area contributed by atoms with Crippen LogP contribution in [0, 0.1) is 0 Å². The van der Waals surface area contributed by atoms with Crippen LogP contribution in [0.4, 0.5) is 4.79 Å². The van der Waals surface area contributed by atoms with Crippen molar-refractivity contribution in [3.8, 4) is 5.75 Å². The van der Waals surface area contributed by atoms with Gasteiger partial charge in [0.25, 0.3) is 0 Å². The summed E-state index contributed by atoms with van der Waals surface area (Å²) >= 11 is 18.4. The van der Waals surface area contributed by atoms with E-state index in [1.807, 2.05) is 0 Å². The second-order valence-electron chi connectivity index (χ2n) is 8.97. The number of amides is 1. The molecule has 1 amide bonds. The number of hydrogen-bond donors (Lipinski definition) is 1. The largest absolute Gasteiger partial charge is 0.508 e. The van der Waals surface area contributed by atoms with E-state index in [4.69, 9.17) is 39.5 Å². The summed E-state index contributed by atoms with van der Waals surface area (Å²) in [6.07, 6.45) is 0.870. The van der Waals surface area contributed by atoms with Crippen molar-refractivity contribution >= 4 is 50.9 Å². The van der Waals surface area contributed by atoms with E-state index in [2.05, 4.69) is 0 Å². The molecule has 0 aliphatic carbocycles. The molecular weight excluding hydrogens is 487 g/mol. The van der Waals surface area contributed by atoms with Crippen LogP contribution in [-0.2, 0) is 14.8 Å². The van der Waals surface area contributed by atoms with E-state index < -0.39 is 27.0 Å². The third-order valence-electron chi connectivity index (χ3n) is 5.62. The van der Waals surface area contributed by atoms with Crippen molar-refractivity contribution < 1.29 is 23.1 Å². The molecule has 11 heteroatoms. The molecule has 31 heavy (non-hydrogen) atoms. The van der Waals surface area contributed by atoms with Gasteiger partial charge in [-0.3, -0.25) is 0 Å². The number of phenols is 1. The maximum atomic E-state index is 13.2. The first kappa shape index (κ1) is 24.7. The van der Waals surface area contributed by atoms with Crippen LogP contribution in [0.3, 0.4) is 0 Å². The highest BCUT2D eigenvalue weighted by atomic mass is 35.5. The summed E-state index contributed by atoms with van der Waals surface area (Å²) in [7, 11) is -3.57. The molecule has 2 aliphatic heterocycles. The number of halogens is 3. The van der Waals surface area contributed by atoms with E-state index in [1.165, 1.54) is 15.3 Å². The van der Waals surface area contributed by atoms with Gasteiger partial charge >= 0.3 is 6.09 Å². The Kier molecular flexibility index (Phi) is 7.28. The Labute approximate surface area is 198 Å². The van der Waals surface area contributed by atoms with E-state index in [0.717, 1.165) is 0 Å². The third kappa shape index (κ3) is 5.36. The Hall–Kier alpha value is -0.930. The van der Waals surface area contributed by atoms with Crippen LogP contribution in [0.2, 0.25) is 15.1 Å². The van der Waals surface area contributed by atoms with E-state index in [0.29, 0.717) is 44.5 Å². The zero-order chi connectivity index (χ0) is 23.1. The van der Waals surface area contributed by atoms with Crippen LogP contribution in [0.1, 0.15) is 51.5 Å². The monoisotopic (exact) mass is 512 g/mol. The smallest absolute Gasteiger partial charge is 0.410 e. The lowest BCUT2D eigenvalue weighted by atomic mass is 9.89. The Morgan fingerprint density at radius 3 is 2.29 bits per heavy atom. The average Bonchev–Trinajstić information content (AvgIpc) is 3.17. The molecule has 0 saturated carbocycles. The van der Waals surface area contributed by atoms with Crippen molar-refractivity contribution in [2.75, 3.05) is 26.2 Å². The second kappa shape index (κ2) is 9.14. The Balaban J connectivity index is 1.65. The SMILES string of the molecule is CC(C)(C)OC(=O)N1CCC(S(=O)(=O)N2CCC(c3c(O)cc(Cl)c(Cl)c3Cl)CC2)C1. The molecular formula is C20H27Cl3N2O5S. The van der Waals surface area contributed by atoms with Crippen molar-refractivity contribution in [2.45, 2.75) is 56.8 Å². The van der Waals surface area contributed by atoms with Gasteiger partial charge in [-0.25, -0.2) is 17.5 Å². The Morgan fingerprint density at radius 2 is 1.71 bits per heavy atom. The second-order valence-corrected chi connectivity index (χ2v) is 12.4. The van der Waals surface area contributed by atoms with Crippen LogP contribution >= 0.6 is 34.8 Å². The number of carbonyl (C=O) groups is 1. The van der Waals surface area contributed by atoms with E-state index in [9.17, 15) is 18.3 Å². The standard InChI is InChI=1S/C20H27Cl3N2O5S/c1-20(2,3)30-19(27)24-7-6-13(11-24)31(28,29)25-8-4-12(5-9-25)16-15(26)10-14(21)17(22)18(16)23/h10,12-13,26H,4-9,11H2,1-3H3. The minimum absolute atomic E-state index is 0.0375. The molecule has 2 saturated heterocycles. The lowest BCUT2D eigenvalue weighted by Crippen LogP contribution is -2.44. The normalized spacial score (nSPS) is 21.5. The zero-order valence-electron chi connectivity index (χ0n) is 17.7. The molecule has 0 radical (unpaired) electrons. The maximum Gasteiger partial charge on any atom is 0.410 e. The molecule has 1 atom stereocenters. The topological polar surface area (TPSA) is 87.2 Å². The van der Waals surface area contributed by atoms with Gasteiger partial charge < -0.3 is 14.7 Å². The molecule has 2 heterocycles. The van der Waals surface area contributed by atoms with Crippen molar-refractivity contribution in [1.82, 2.24) is 9.21 Å². The lowest BCUT2D eigenvalue weighted by Gasteiger charge is -2.33. The quantitative estimate of drug-likeness (QED) is 0.583. The van der Waals surface area contributed by atoms with E-state index >= 15 is 0 Å². The molecule has 1 aromatic carbocycles. The molecule has 1 unspecified atom stereocenters. The van der Waals surface area contributed by atoms with Crippen LogP contribution in [0.15, 0.2) is 6.07 Å². The van der Waals surface area contributed by atoms with E-state index in [1.54, 1.807) is 20.8 Å². The number of hydrogen-bond acceptors (Lipinski definition) is 5. The molecule has 2 fully saturated rings. The number of aromatic hydroxyl groups is 1. The Morgan fingerprint density at radius 1 is 1.10 bits per heavy atom. The van der Waals surface area contributed by atoms with Crippen molar-refractivity contribution in [3.05, 3.63) is 26.7 Å². The number of ether oxygens (including phenoxy) is 1. The van der Waals surface area contributed by atoms with Gasteiger partial charge in [-0.05, 0) is 46.0 Å².